The quantitative estimate of drug-likeness (QED) is 0.818. The van der Waals surface area contributed by atoms with E-state index in [1.54, 1.807) is 6.92 Å². The first-order valence-electron chi connectivity index (χ1n) is 3.71. The molecule has 0 radical (unpaired) electrons. The van der Waals surface area contributed by atoms with Gasteiger partial charge in [0.25, 0.3) is 0 Å². The molecule has 0 aromatic carbocycles. The molecule has 0 saturated carbocycles. The van der Waals surface area contributed by atoms with Crippen LogP contribution in [-0.2, 0) is 6.18 Å². The molecule has 0 aliphatic heterocycles. The van der Waals surface area contributed by atoms with Crippen LogP contribution in [0.5, 0.6) is 0 Å². The summed E-state index contributed by atoms with van der Waals surface area (Å²) >= 11 is 0.617. The van der Waals surface area contributed by atoms with Gasteiger partial charge in [-0.3, -0.25) is 0 Å². The number of nitrogens with zero attached hydrogens (tertiary/aromatic N) is 2. The minimum absolute atomic E-state index is 0.0545. The third-order valence-electron chi connectivity index (χ3n) is 1.32. The molecular weight excluding hydrogens is 219 g/mol. The molecule has 1 rings (SSSR count). The average Bonchev–Trinajstić information content (AvgIpc) is 2.51. The molecular formula is C6H8F3N3OS. The first kappa shape index (κ1) is 11.2. The summed E-state index contributed by atoms with van der Waals surface area (Å²) in [5, 5.41) is 11.3. The fraction of sp³-hybridized carbons (Fsp3) is 0.667. The van der Waals surface area contributed by atoms with Gasteiger partial charge in [-0.05, 0) is 6.92 Å². The van der Waals surface area contributed by atoms with Crippen molar-refractivity contribution in [3.8, 4) is 0 Å². The number of anilines is 1. The average molecular weight is 227 g/mol. The number of aromatic nitrogens is 2. The number of aliphatic hydroxyl groups is 1. The zero-order valence-corrected chi connectivity index (χ0v) is 7.98. The maximum absolute atomic E-state index is 12.0. The molecule has 0 fully saturated rings. The lowest BCUT2D eigenvalue weighted by molar-refractivity contribution is -0.144. The van der Waals surface area contributed by atoms with Gasteiger partial charge in [0, 0.05) is 17.6 Å². The van der Waals surface area contributed by atoms with Crippen LogP contribution in [0.3, 0.4) is 0 Å². The number of hydrogen-bond acceptors (Lipinski definition) is 5. The van der Waals surface area contributed by atoms with Crippen molar-refractivity contribution in [2.24, 2.45) is 0 Å². The fourth-order valence-electron chi connectivity index (χ4n) is 0.654. The first-order chi connectivity index (χ1) is 6.43. The van der Waals surface area contributed by atoms with Gasteiger partial charge in [0.15, 0.2) is 0 Å². The van der Waals surface area contributed by atoms with Gasteiger partial charge in [0.1, 0.15) is 0 Å². The number of halogens is 3. The summed E-state index contributed by atoms with van der Waals surface area (Å²) in [4.78, 5) is 3.23. The predicted molar refractivity (Wildman–Crippen MR) is 45.1 cm³/mol. The van der Waals surface area contributed by atoms with Gasteiger partial charge in [0.05, 0.1) is 6.61 Å². The Labute approximate surface area is 82.0 Å². The van der Waals surface area contributed by atoms with Gasteiger partial charge in [-0.15, -0.1) is 0 Å². The van der Waals surface area contributed by atoms with Crippen LogP contribution >= 0.6 is 11.5 Å². The van der Waals surface area contributed by atoms with Crippen molar-refractivity contribution >= 4 is 16.7 Å². The summed E-state index contributed by atoms with van der Waals surface area (Å²) in [6, 6.07) is -0.343. The molecule has 0 aliphatic rings. The van der Waals surface area contributed by atoms with Crippen molar-refractivity contribution in [2.45, 2.75) is 19.1 Å². The third-order valence-corrected chi connectivity index (χ3v) is 1.97. The molecule has 0 bridgehead atoms. The van der Waals surface area contributed by atoms with Crippen molar-refractivity contribution < 1.29 is 18.3 Å². The molecule has 80 valence electrons. The number of alkyl halides is 3. The molecule has 2 N–H and O–H groups in total. The van der Waals surface area contributed by atoms with Gasteiger partial charge < -0.3 is 10.4 Å². The van der Waals surface area contributed by atoms with Gasteiger partial charge in [-0.1, -0.05) is 0 Å². The van der Waals surface area contributed by atoms with Gasteiger partial charge in [-0.2, -0.15) is 22.5 Å². The summed E-state index contributed by atoms with van der Waals surface area (Å²) in [6.45, 7) is 1.44. The van der Waals surface area contributed by atoms with Crippen LogP contribution < -0.4 is 5.32 Å². The molecule has 4 nitrogen and oxygen atoms in total. The van der Waals surface area contributed by atoms with Crippen molar-refractivity contribution in [1.82, 2.24) is 9.36 Å². The Bertz CT molecular complexity index is 301. The summed E-state index contributed by atoms with van der Waals surface area (Å²) in [6.07, 6.45) is -4.51. The highest BCUT2D eigenvalue weighted by molar-refractivity contribution is 7.09. The van der Waals surface area contributed by atoms with Crippen LogP contribution in [0.25, 0.3) is 0 Å². The van der Waals surface area contributed by atoms with Crippen molar-refractivity contribution in [3.05, 3.63) is 5.82 Å². The highest BCUT2D eigenvalue weighted by atomic mass is 32.1. The third kappa shape index (κ3) is 2.81. The van der Waals surface area contributed by atoms with E-state index >= 15 is 0 Å². The zero-order valence-electron chi connectivity index (χ0n) is 7.17. The summed E-state index contributed by atoms with van der Waals surface area (Å²) < 4.78 is 39.2. The fourth-order valence-corrected chi connectivity index (χ4v) is 1.35. The molecule has 8 heteroatoms. The highest BCUT2D eigenvalue weighted by Crippen LogP contribution is 2.28. The lowest BCUT2D eigenvalue weighted by Crippen LogP contribution is -2.19. The van der Waals surface area contributed by atoms with Crippen LogP contribution in [0.1, 0.15) is 12.7 Å². The Hall–Kier alpha value is -0.890. The number of rotatable bonds is 3. The Kier molecular flexibility index (Phi) is 3.27. The van der Waals surface area contributed by atoms with E-state index in [9.17, 15) is 13.2 Å². The largest absolute Gasteiger partial charge is 0.452 e. The SMILES string of the molecule is C[C@@H](CO)Nc1nc(C(F)(F)F)ns1. The molecule has 0 amide bonds. The van der Waals surface area contributed by atoms with E-state index in [-0.39, 0.29) is 17.8 Å². The maximum atomic E-state index is 12.0. The monoisotopic (exact) mass is 227 g/mol. The highest BCUT2D eigenvalue weighted by Gasteiger charge is 2.36. The molecule has 0 unspecified atom stereocenters. The van der Waals surface area contributed by atoms with Crippen LogP contribution in [0, 0.1) is 0 Å². The van der Waals surface area contributed by atoms with E-state index < -0.39 is 12.0 Å². The van der Waals surface area contributed by atoms with E-state index in [0.717, 1.165) is 0 Å². The molecule has 0 aliphatic carbocycles. The minimum atomic E-state index is -4.51. The molecule has 1 atom stereocenters. The van der Waals surface area contributed by atoms with Gasteiger partial charge >= 0.3 is 6.18 Å². The van der Waals surface area contributed by atoms with Crippen molar-refractivity contribution in [3.63, 3.8) is 0 Å². The normalized spacial score (nSPS) is 14.1. The molecule has 1 heterocycles. The predicted octanol–water partition coefficient (Wildman–Crippen LogP) is 1.35. The first-order valence-corrected chi connectivity index (χ1v) is 4.49. The Morgan fingerprint density at radius 3 is 2.64 bits per heavy atom. The van der Waals surface area contributed by atoms with E-state index in [2.05, 4.69) is 14.7 Å². The minimum Gasteiger partial charge on any atom is -0.394 e. The lowest BCUT2D eigenvalue weighted by atomic mass is 10.4. The van der Waals surface area contributed by atoms with E-state index in [4.69, 9.17) is 5.11 Å². The number of aliphatic hydroxyl groups excluding tert-OH is 1. The molecule has 14 heavy (non-hydrogen) atoms. The second-order valence-electron chi connectivity index (χ2n) is 2.65. The van der Waals surface area contributed by atoms with Gasteiger partial charge in [0.2, 0.25) is 11.0 Å². The standard InChI is InChI=1S/C6H8F3N3OS/c1-3(2-13)10-5-11-4(12-14-5)6(7,8)9/h3,13H,2H2,1H3,(H,10,11,12)/t3-/m0/s1. The molecule has 0 spiro atoms. The maximum Gasteiger partial charge on any atom is 0.452 e. The molecule has 1 aromatic heterocycles. The second kappa shape index (κ2) is 4.09. The number of nitrogens with one attached hydrogen (secondary N) is 1. The summed E-state index contributed by atoms with van der Waals surface area (Å²) in [5.74, 6) is -1.16. The Morgan fingerprint density at radius 2 is 2.21 bits per heavy atom. The second-order valence-corrected chi connectivity index (χ2v) is 3.40. The van der Waals surface area contributed by atoms with Crippen LogP contribution in [0.4, 0.5) is 18.3 Å². The summed E-state index contributed by atoms with van der Waals surface area (Å²) in [5.41, 5.74) is 0. The molecule has 0 saturated heterocycles. The van der Waals surface area contributed by atoms with E-state index in [1.165, 1.54) is 0 Å². The number of hydrogen-bond donors (Lipinski definition) is 2. The smallest absolute Gasteiger partial charge is 0.394 e. The van der Waals surface area contributed by atoms with E-state index in [0.29, 0.717) is 11.5 Å². The Balaban J connectivity index is 2.69. The van der Waals surface area contributed by atoms with Crippen LogP contribution in [0.2, 0.25) is 0 Å². The molecule has 1 aromatic rings. The van der Waals surface area contributed by atoms with Gasteiger partial charge in [-0.25, -0.2) is 0 Å². The Morgan fingerprint density at radius 1 is 1.57 bits per heavy atom. The van der Waals surface area contributed by atoms with Crippen LogP contribution in [0.15, 0.2) is 0 Å². The summed E-state index contributed by atoms with van der Waals surface area (Å²) in [7, 11) is 0. The zero-order chi connectivity index (χ0) is 10.8. The van der Waals surface area contributed by atoms with Crippen molar-refractivity contribution in [2.75, 3.05) is 11.9 Å². The van der Waals surface area contributed by atoms with E-state index in [1.807, 2.05) is 0 Å². The van der Waals surface area contributed by atoms with Crippen LogP contribution in [-0.4, -0.2) is 27.1 Å². The lowest BCUT2D eigenvalue weighted by Gasteiger charge is -2.07. The van der Waals surface area contributed by atoms with Crippen molar-refractivity contribution in [1.29, 1.82) is 0 Å². The topological polar surface area (TPSA) is 58.0 Å².